The molecule has 0 unspecified atom stereocenters. The van der Waals surface area contributed by atoms with Crippen LogP contribution in [0.5, 0.6) is 11.5 Å². The minimum atomic E-state index is -0.861. The lowest BCUT2D eigenvalue weighted by Gasteiger charge is -2.10. The number of hydrogen-bond donors (Lipinski definition) is 1. The van der Waals surface area contributed by atoms with E-state index in [1.807, 2.05) is 11.5 Å². The number of rotatable bonds is 9. The molecule has 0 aliphatic heterocycles. The highest BCUT2D eigenvalue weighted by Gasteiger charge is 2.16. The zero-order valence-electron chi connectivity index (χ0n) is 16.7. The fourth-order valence-electron chi connectivity index (χ4n) is 2.64. The van der Waals surface area contributed by atoms with Crippen molar-refractivity contribution in [1.82, 2.24) is 14.8 Å². The first kappa shape index (κ1) is 23.0. The van der Waals surface area contributed by atoms with Gasteiger partial charge in [0, 0.05) is 17.1 Å². The molecule has 1 aromatic heterocycles. The van der Waals surface area contributed by atoms with Gasteiger partial charge in [-0.25, -0.2) is 8.78 Å². The van der Waals surface area contributed by atoms with Crippen LogP contribution >= 0.6 is 27.7 Å². The SMILES string of the molecule is CCn1c(COc2ccc(OC)cc2)nnc1SCC(=O)Nc1c(F)cc(F)cc1Br. The Kier molecular flexibility index (Phi) is 7.85. The molecule has 0 aliphatic carbocycles. The van der Waals surface area contributed by atoms with Crippen molar-refractivity contribution < 1.29 is 23.0 Å². The maximum Gasteiger partial charge on any atom is 0.234 e. The Morgan fingerprint density at radius 1 is 1.19 bits per heavy atom. The van der Waals surface area contributed by atoms with Gasteiger partial charge in [-0.15, -0.1) is 10.2 Å². The number of thioether (sulfide) groups is 1. The molecule has 0 saturated carbocycles. The molecule has 0 atom stereocenters. The summed E-state index contributed by atoms with van der Waals surface area (Å²) in [5, 5.41) is 11.2. The van der Waals surface area contributed by atoms with Crippen LogP contribution in [0.4, 0.5) is 14.5 Å². The van der Waals surface area contributed by atoms with Gasteiger partial charge in [-0.1, -0.05) is 11.8 Å². The van der Waals surface area contributed by atoms with E-state index < -0.39 is 17.5 Å². The number of nitrogens with one attached hydrogen (secondary N) is 1. The average Bonchev–Trinajstić information content (AvgIpc) is 3.15. The number of amides is 1. The summed E-state index contributed by atoms with van der Waals surface area (Å²) in [5.41, 5.74) is -0.113. The van der Waals surface area contributed by atoms with Gasteiger partial charge in [-0.3, -0.25) is 4.79 Å². The second kappa shape index (κ2) is 10.6. The number of anilines is 1. The molecule has 3 rings (SSSR count). The molecular formula is C20H19BrF2N4O3S. The van der Waals surface area contributed by atoms with Crippen molar-refractivity contribution in [3.8, 4) is 11.5 Å². The maximum atomic E-state index is 13.9. The summed E-state index contributed by atoms with van der Waals surface area (Å²) in [4.78, 5) is 12.2. The van der Waals surface area contributed by atoms with Crippen molar-refractivity contribution in [3.05, 3.63) is 58.3 Å². The highest BCUT2D eigenvalue weighted by Crippen LogP contribution is 2.27. The summed E-state index contributed by atoms with van der Waals surface area (Å²) in [6, 6.07) is 8.95. The highest BCUT2D eigenvalue weighted by molar-refractivity contribution is 9.10. The zero-order valence-corrected chi connectivity index (χ0v) is 19.1. The number of carbonyl (C=O) groups excluding carboxylic acids is 1. The Bertz CT molecular complexity index is 1040. The highest BCUT2D eigenvalue weighted by atomic mass is 79.9. The van der Waals surface area contributed by atoms with E-state index in [0.717, 1.165) is 23.6 Å². The van der Waals surface area contributed by atoms with E-state index in [1.54, 1.807) is 31.4 Å². The first-order valence-corrected chi connectivity index (χ1v) is 10.9. The zero-order chi connectivity index (χ0) is 22.4. The number of hydrogen-bond acceptors (Lipinski definition) is 6. The molecule has 11 heteroatoms. The molecule has 1 heterocycles. The van der Waals surface area contributed by atoms with Gasteiger partial charge in [-0.2, -0.15) is 0 Å². The molecule has 2 aromatic carbocycles. The Labute approximate surface area is 190 Å². The second-order valence-corrected chi connectivity index (χ2v) is 7.99. The molecule has 0 aliphatic rings. The molecule has 3 aromatic rings. The van der Waals surface area contributed by atoms with E-state index in [4.69, 9.17) is 9.47 Å². The van der Waals surface area contributed by atoms with E-state index in [1.165, 1.54) is 0 Å². The molecule has 0 spiro atoms. The van der Waals surface area contributed by atoms with E-state index in [0.29, 0.717) is 29.3 Å². The monoisotopic (exact) mass is 512 g/mol. The topological polar surface area (TPSA) is 78.3 Å². The number of carbonyl (C=O) groups is 1. The van der Waals surface area contributed by atoms with Crippen LogP contribution < -0.4 is 14.8 Å². The summed E-state index contributed by atoms with van der Waals surface area (Å²) < 4.78 is 39.9. The normalized spacial score (nSPS) is 10.7. The predicted octanol–water partition coefficient (Wildman–Crippen LogP) is 4.66. The van der Waals surface area contributed by atoms with E-state index in [2.05, 4.69) is 31.4 Å². The Balaban J connectivity index is 1.59. The second-order valence-electron chi connectivity index (χ2n) is 6.19. The Hall–Kier alpha value is -2.66. The van der Waals surface area contributed by atoms with Crippen LogP contribution in [0.3, 0.4) is 0 Å². The van der Waals surface area contributed by atoms with Crippen molar-refractivity contribution in [2.45, 2.75) is 25.2 Å². The number of benzene rings is 2. The molecule has 0 radical (unpaired) electrons. The third-order valence-corrected chi connectivity index (χ3v) is 5.73. The van der Waals surface area contributed by atoms with E-state index in [9.17, 15) is 13.6 Å². The first-order valence-electron chi connectivity index (χ1n) is 9.17. The minimum Gasteiger partial charge on any atom is -0.497 e. The Morgan fingerprint density at radius 2 is 1.90 bits per heavy atom. The third-order valence-electron chi connectivity index (χ3n) is 4.14. The third kappa shape index (κ3) is 5.95. The van der Waals surface area contributed by atoms with Gasteiger partial charge >= 0.3 is 0 Å². The summed E-state index contributed by atoms with van der Waals surface area (Å²) in [7, 11) is 1.59. The fourth-order valence-corrected chi connectivity index (χ4v) is 3.97. The number of ether oxygens (including phenoxy) is 2. The van der Waals surface area contributed by atoms with Crippen molar-refractivity contribution in [3.63, 3.8) is 0 Å². The van der Waals surface area contributed by atoms with Crippen LogP contribution in [0.25, 0.3) is 0 Å². The molecule has 164 valence electrons. The molecule has 1 amide bonds. The molecule has 7 nitrogen and oxygen atoms in total. The van der Waals surface area contributed by atoms with Crippen molar-refractivity contribution in [1.29, 1.82) is 0 Å². The predicted molar refractivity (Wildman–Crippen MR) is 116 cm³/mol. The van der Waals surface area contributed by atoms with Crippen LogP contribution in [-0.2, 0) is 17.9 Å². The van der Waals surface area contributed by atoms with Gasteiger partial charge in [0.15, 0.2) is 16.8 Å². The molecule has 31 heavy (non-hydrogen) atoms. The largest absolute Gasteiger partial charge is 0.497 e. The molecule has 0 bridgehead atoms. The van der Waals surface area contributed by atoms with E-state index >= 15 is 0 Å². The van der Waals surface area contributed by atoms with E-state index in [-0.39, 0.29) is 22.5 Å². The smallest absolute Gasteiger partial charge is 0.234 e. The first-order chi connectivity index (χ1) is 14.9. The lowest BCUT2D eigenvalue weighted by molar-refractivity contribution is -0.113. The molecular weight excluding hydrogens is 494 g/mol. The lowest BCUT2D eigenvalue weighted by atomic mass is 10.3. The van der Waals surface area contributed by atoms with Crippen molar-refractivity contribution in [2.24, 2.45) is 0 Å². The number of nitrogens with zero attached hydrogens (tertiary/aromatic N) is 3. The molecule has 0 saturated heterocycles. The number of aromatic nitrogens is 3. The van der Waals surface area contributed by atoms with Gasteiger partial charge in [0.1, 0.15) is 23.9 Å². The Morgan fingerprint density at radius 3 is 2.55 bits per heavy atom. The average molecular weight is 513 g/mol. The van der Waals surface area contributed by atoms with Crippen LogP contribution in [-0.4, -0.2) is 33.5 Å². The summed E-state index contributed by atoms with van der Waals surface area (Å²) in [6.07, 6.45) is 0. The fraction of sp³-hybridized carbons (Fsp3) is 0.250. The quantitative estimate of drug-likeness (QED) is 0.420. The minimum absolute atomic E-state index is 0.0271. The van der Waals surface area contributed by atoms with Crippen LogP contribution in [0, 0.1) is 11.6 Å². The number of halogens is 3. The van der Waals surface area contributed by atoms with Gasteiger partial charge in [-0.05, 0) is 53.2 Å². The molecule has 0 fully saturated rings. The molecule has 1 N–H and O–H groups in total. The summed E-state index contributed by atoms with van der Waals surface area (Å²) in [5.74, 6) is -0.0927. The summed E-state index contributed by atoms with van der Waals surface area (Å²) >= 11 is 4.20. The van der Waals surface area contributed by atoms with Crippen LogP contribution in [0.1, 0.15) is 12.7 Å². The van der Waals surface area contributed by atoms with Gasteiger partial charge < -0.3 is 19.4 Å². The van der Waals surface area contributed by atoms with Crippen molar-refractivity contribution in [2.75, 3.05) is 18.2 Å². The van der Waals surface area contributed by atoms with Crippen LogP contribution in [0.15, 0.2) is 46.0 Å². The van der Waals surface area contributed by atoms with Crippen LogP contribution in [0.2, 0.25) is 0 Å². The summed E-state index contributed by atoms with van der Waals surface area (Å²) in [6.45, 7) is 2.71. The van der Waals surface area contributed by atoms with Crippen molar-refractivity contribution >= 4 is 39.3 Å². The van der Waals surface area contributed by atoms with Gasteiger partial charge in [0.2, 0.25) is 5.91 Å². The van der Waals surface area contributed by atoms with Gasteiger partial charge in [0.05, 0.1) is 18.6 Å². The maximum absolute atomic E-state index is 13.9. The lowest BCUT2D eigenvalue weighted by Crippen LogP contribution is -2.16. The standard InChI is InChI=1S/C20H19BrF2N4O3S/c1-3-27-17(10-30-14-6-4-13(29-2)5-7-14)25-26-20(27)31-11-18(28)24-19-15(21)8-12(22)9-16(19)23/h4-9H,3,10-11H2,1-2H3,(H,24,28). The number of methoxy groups -OCH3 is 1. The van der Waals surface area contributed by atoms with Gasteiger partial charge in [0.25, 0.3) is 0 Å².